The largest absolute Gasteiger partial charge is 0.492 e. The Morgan fingerprint density at radius 1 is 1.36 bits per heavy atom. The Morgan fingerprint density at radius 2 is 2.09 bits per heavy atom. The molecule has 1 aromatic carbocycles. The van der Waals surface area contributed by atoms with E-state index < -0.39 is 0 Å². The molecule has 1 aliphatic rings. The zero-order valence-electron chi connectivity index (χ0n) is 6.19. The summed E-state index contributed by atoms with van der Waals surface area (Å²) in [6.07, 6.45) is 0. The molecule has 2 rings (SSSR count). The molecule has 1 aliphatic heterocycles. The van der Waals surface area contributed by atoms with Gasteiger partial charge in [-0.05, 0) is 12.1 Å². The molecule has 0 aliphatic carbocycles. The minimum Gasteiger partial charge on any atom is -0.492 e. The molecule has 58 valence electrons. The van der Waals surface area contributed by atoms with Crippen LogP contribution >= 0.6 is 11.8 Å². The van der Waals surface area contributed by atoms with Gasteiger partial charge in [-0.3, -0.25) is 0 Å². The van der Waals surface area contributed by atoms with Crippen molar-refractivity contribution in [3.8, 4) is 5.75 Å². The van der Waals surface area contributed by atoms with Gasteiger partial charge in [0.2, 0.25) is 0 Å². The quantitative estimate of drug-likeness (QED) is 0.636. The monoisotopic (exact) mass is 166 g/mol. The summed E-state index contributed by atoms with van der Waals surface area (Å²) >= 11 is 1.96. The Morgan fingerprint density at radius 3 is 2.73 bits per heavy atom. The van der Waals surface area contributed by atoms with E-state index >= 15 is 0 Å². The van der Waals surface area contributed by atoms with Gasteiger partial charge in [-0.1, -0.05) is 18.2 Å². The van der Waals surface area contributed by atoms with Crippen LogP contribution in [0.1, 0.15) is 0 Å². The van der Waals surface area contributed by atoms with Gasteiger partial charge in [0, 0.05) is 11.0 Å². The van der Waals surface area contributed by atoms with Crippen LogP contribution in [0.4, 0.5) is 0 Å². The highest BCUT2D eigenvalue weighted by atomic mass is 32.2. The molecule has 2 heteroatoms. The van der Waals surface area contributed by atoms with Gasteiger partial charge < -0.3 is 4.74 Å². The first-order valence-corrected chi connectivity index (χ1v) is 4.79. The van der Waals surface area contributed by atoms with E-state index in [9.17, 15) is 0 Å². The van der Waals surface area contributed by atoms with Gasteiger partial charge in [-0.2, -0.15) is 11.8 Å². The third-order valence-electron chi connectivity index (χ3n) is 1.58. The van der Waals surface area contributed by atoms with Crippen molar-refractivity contribution < 1.29 is 4.74 Å². The molecule has 0 N–H and O–H groups in total. The third-order valence-corrected chi connectivity index (χ3v) is 2.52. The normalized spacial score (nSPS) is 21.3. The van der Waals surface area contributed by atoms with E-state index in [1.165, 1.54) is 5.75 Å². The Labute approximate surface area is 70.8 Å². The van der Waals surface area contributed by atoms with Crippen LogP contribution in [0.3, 0.4) is 0 Å². The van der Waals surface area contributed by atoms with Crippen LogP contribution in [0.15, 0.2) is 30.3 Å². The lowest BCUT2D eigenvalue weighted by Gasteiger charge is -2.02. The molecule has 1 fully saturated rings. The van der Waals surface area contributed by atoms with Gasteiger partial charge >= 0.3 is 0 Å². The minimum absolute atomic E-state index is 0.759. The van der Waals surface area contributed by atoms with E-state index in [0.717, 1.165) is 17.6 Å². The summed E-state index contributed by atoms with van der Waals surface area (Å²) in [4.78, 5) is 0. The van der Waals surface area contributed by atoms with Crippen LogP contribution < -0.4 is 4.74 Å². The van der Waals surface area contributed by atoms with E-state index in [1.54, 1.807) is 0 Å². The minimum atomic E-state index is 0.759. The van der Waals surface area contributed by atoms with Gasteiger partial charge in [0.25, 0.3) is 0 Å². The van der Waals surface area contributed by atoms with Crippen molar-refractivity contribution in [1.29, 1.82) is 0 Å². The lowest BCUT2D eigenvalue weighted by Crippen LogP contribution is -2.02. The Balaban J connectivity index is 1.85. The fraction of sp³-hybridized carbons (Fsp3) is 0.333. The number of hydrogen-bond donors (Lipinski definition) is 0. The first-order valence-electron chi connectivity index (χ1n) is 3.74. The van der Waals surface area contributed by atoms with Crippen LogP contribution in [-0.4, -0.2) is 17.6 Å². The highest BCUT2D eigenvalue weighted by molar-refractivity contribution is 8.06. The average Bonchev–Trinajstić information content (AvgIpc) is 2.86. The SMILES string of the molecule is c1ccc(OC[C@H]2CS2)cc1. The standard InChI is InChI=1S/C9H10OS/c1-2-4-8(5-3-1)10-6-9-7-11-9/h1-5,9H,6-7H2/t9-/m0/s1. The van der Waals surface area contributed by atoms with Crippen LogP contribution in [0.2, 0.25) is 0 Å². The van der Waals surface area contributed by atoms with E-state index in [2.05, 4.69) is 0 Å². The maximum atomic E-state index is 5.51. The third kappa shape index (κ3) is 2.15. The zero-order valence-corrected chi connectivity index (χ0v) is 7.01. The van der Waals surface area contributed by atoms with Crippen molar-refractivity contribution in [2.24, 2.45) is 0 Å². The second-order valence-corrected chi connectivity index (χ2v) is 3.91. The maximum Gasteiger partial charge on any atom is 0.119 e. The molecular formula is C9H10OS. The van der Waals surface area contributed by atoms with E-state index in [1.807, 2.05) is 42.1 Å². The number of thioether (sulfide) groups is 1. The second-order valence-electron chi connectivity index (χ2n) is 2.58. The zero-order chi connectivity index (χ0) is 7.52. The predicted octanol–water partition coefficient (Wildman–Crippen LogP) is 2.18. The van der Waals surface area contributed by atoms with E-state index in [0.29, 0.717) is 0 Å². The Bertz CT molecular complexity index is 218. The summed E-state index contributed by atoms with van der Waals surface area (Å²) in [5.41, 5.74) is 0. The van der Waals surface area contributed by atoms with Crippen LogP contribution in [0.5, 0.6) is 5.75 Å². The summed E-state index contributed by atoms with van der Waals surface area (Å²) < 4.78 is 5.51. The fourth-order valence-electron chi connectivity index (χ4n) is 0.870. The summed E-state index contributed by atoms with van der Waals surface area (Å²) in [5.74, 6) is 2.26. The van der Waals surface area contributed by atoms with Crippen molar-refractivity contribution >= 4 is 11.8 Å². The highest BCUT2D eigenvalue weighted by Gasteiger charge is 2.22. The molecule has 1 saturated heterocycles. The molecular weight excluding hydrogens is 156 g/mol. The highest BCUT2D eigenvalue weighted by Crippen LogP contribution is 2.30. The lowest BCUT2D eigenvalue weighted by atomic mass is 10.3. The van der Waals surface area contributed by atoms with E-state index in [-0.39, 0.29) is 0 Å². The van der Waals surface area contributed by atoms with Crippen molar-refractivity contribution in [2.45, 2.75) is 5.25 Å². The molecule has 0 unspecified atom stereocenters. The molecule has 0 aromatic heterocycles. The summed E-state index contributed by atoms with van der Waals surface area (Å²) in [5, 5.41) is 0.759. The topological polar surface area (TPSA) is 9.23 Å². The number of hydrogen-bond acceptors (Lipinski definition) is 2. The first-order chi connectivity index (χ1) is 5.45. The Hall–Kier alpha value is -0.630. The van der Waals surface area contributed by atoms with Crippen molar-refractivity contribution in [2.75, 3.05) is 12.4 Å². The van der Waals surface area contributed by atoms with Gasteiger partial charge in [-0.25, -0.2) is 0 Å². The van der Waals surface area contributed by atoms with Gasteiger partial charge in [-0.15, -0.1) is 0 Å². The molecule has 0 radical (unpaired) electrons. The lowest BCUT2D eigenvalue weighted by molar-refractivity contribution is 0.330. The maximum absolute atomic E-state index is 5.51. The molecule has 1 atom stereocenters. The van der Waals surface area contributed by atoms with Gasteiger partial charge in [0.1, 0.15) is 12.4 Å². The number of ether oxygens (including phenoxy) is 1. The smallest absolute Gasteiger partial charge is 0.119 e. The number of benzene rings is 1. The summed E-state index contributed by atoms with van der Waals surface area (Å²) in [6.45, 7) is 0.870. The molecule has 1 nitrogen and oxygen atoms in total. The van der Waals surface area contributed by atoms with Gasteiger partial charge in [0.15, 0.2) is 0 Å². The first kappa shape index (κ1) is 7.04. The molecule has 0 amide bonds. The second kappa shape index (κ2) is 3.18. The van der Waals surface area contributed by atoms with E-state index in [4.69, 9.17) is 4.74 Å². The number of para-hydroxylation sites is 1. The summed E-state index contributed by atoms with van der Waals surface area (Å²) in [7, 11) is 0. The average molecular weight is 166 g/mol. The Kier molecular flexibility index (Phi) is 2.04. The molecule has 11 heavy (non-hydrogen) atoms. The molecule has 0 spiro atoms. The van der Waals surface area contributed by atoms with Crippen molar-refractivity contribution in [3.63, 3.8) is 0 Å². The molecule has 0 saturated carbocycles. The summed E-state index contributed by atoms with van der Waals surface area (Å²) in [6, 6.07) is 9.98. The number of rotatable bonds is 3. The predicted molar refractivity (Wildman–Crippen MR) is 48.2 cm³/mol. The van der Waals surface area contributed by atoms with Crippen LogP contribution in [0.25, 0.3) is 0 Å². The molecule has 1 aromatic rings. The van der Waals surface area contributed by atoms with Crippen molar-refractivity contribution in [1.82, 2.24) is 0 Å². The van der Waals surface area contributed by atoms with Crippen LogP contribution in [0, 0.1) is 0 Å². The molecule has 0 bridgehead atoms. The van der Waals surface area contributed by atoms with Crippen LogP contribution in [-0.2, 0) is 0 Å². The molecule has 1 heterocycles. The van der Waals surface area contributed by atoms with Crippen molar-refractivity contribution in [3.05, 3.63) is 30.3 Å². The fourth-order valence-corrected chi connectivity index (χ4v) is 1.27. The van der Waals surface area contributed by atoms with Gasteiger partial charge in [0.05, 0.1) is 0 Å².